The molecule has 0 aliphatic carbocycles. The van der Waals surface area contributed by atoms with Crippen LogP contribution in [-0.2, 0) is 0 Å². The van der Waals surface area contributed by atoms with Crippen molar-refractivity contribution in [2.75, 3.05) is 31.5 Å². The van der Waals surface area contributed by atoms with Crippen LogP contribution in [0.5, 0.6) is 0 Å². The van der Waals surface area contributed by atoms with Crippen LogP contribution in [0.1, 0.15) is 12.8 Å². The summed E-state index contributed by atoms with van der Waals surface area (Å²) in [6.45, 7) is 0.364. The molecular formula is C13H17F3N4O2. The monoisotopic (exact) mass is 318 g/mol. The number of aromatic nitrogens is 1. The molecule has 0 spiro atoms. The molecule has 22 heavy (non-hydrogen) atoms. The fraction of sp³-hybridized carbons (Fsp3) is 0.615. The number of pyridine rings is 1. The number of nitro groups is 1. The number of rotatable bonds is 5. The smallest absolute Gasteiger partial charge is 0.364 e. The zero-order valence-electron chi connectivity index (χ0n) is 11.8. The van der Waals surface area contributed by atoms with Crippen LogP contribution in [0.3, 0.4) is 0 Å². The molecule has 0 radical (unpaired) electrons. The Morgan fingerprint density at radius 3 is 2.68 bits per heavy atom. The van der Waals surface area contributed by atoms with Crippen molar-refractivity contribution in [1.82, 2.24) is 9.88 Å². The average molecular weight is 318 g/mol. The molecule has 1 aromatic rings. The zero-order valence-corrected chi connectivity index (χ0v) is 11.8. The van der Waals surface area contributed by atoms with Gasteiger partial charge in [-0.2, -0.15) is 13.2 Å². The zero-order chi connectivity index (χ0) is 16.2. The second kappa shape index (κ2) is 6.91. The molecule has 1 saturated heterocycles. The van der Waals surface area contributed by atoms with E-state index in [4.69, 9.17) is 0 Å². The first-order valence-corrected chi connectivity index (χ1v) is 6.97. The van der Waals surface area contributed by atoms with Gasteiger partial charge in [-0.05, 0) is 37.9 Å². The topological polar surface area (TPSA) is 71.3 Å². The molecular weight excluding hydrogens is 301 g/mol. The summed E-state index contributed by atoms with van der Waals surface area (Å²) in [4.78, 5) is 15.7. The third-order valence-electron chi connectivity index (χ3n) is 3.65. The van der Waals surface area contributed by atoms with Gasteiger partial charge in [0.15, 0.2) is 0 Å². The molecule has 0 amide bonds. The van der Waals surface area contributed by atoms with Crippen molar-refractivity contribution < 1.29 is 18.1 Å². The minimum Gasteiger partial charge on any atom is -0.364 e. The SMILES string of the molecule is O=[N+]([O-])c1cccnc1NCC1CCN(CC(F)(F)F)CC1. The van der Waals surface area contributed by atoms with E-state index in [1.54, 1.807) is 0 Å². The number of piperidine rings is 1. The molecule has 2 heterocycles. The average Bonchev–Trinajstić information content (AvgIpc) is 2.45. The van der Waals surface area contributed by atoms with Crippen LogP contribution >= 0.6 is 0 Å². The second-order valence-electron chi connectivity index (χ2n) is 5.34. The molecule has 0 bridgehead atoms. The Morgan fingerprint density at radius 2 is 2.09 bits per heavy atom. The first-order valence-electron chi connectivity index (χ1n) is 6.97. The number of nitrogens with one attached hydrogen (secondary N) is 1. The summed E-state index contributed by atoms with van der Waals surface area (Å²) in [6, 6.07) is 2.85. The van der Waals surface area contributed by atoms with Gasteiger partial charge in [0.1, 0.15) is 0 Å². The summed E-state index contributed by atoms with van der Waals surface area (Å²) in [6.07, 6.45) is -1.45. The summed E-state index contributed by atoms with van der Waals surface area (Å²) in [5.41, 5.74) is -0.1000. The van der Waals surface area contributed by atoms with E-state index >= 15 is 0 Å². The highest BCUT2D eigenvalue weighted by molar-refractivity contribution is 5.55. The number of hydrogen-bond acceptors (Lipinski definition) is 5. The van der Waals surface area contributed by atoms with Crippen molar-refractivity contribution in [1.29, 1.82) is 0 Å². The fourth-order valence-electron chi connectivity index (χ4n) is 2.52. The Balaban J connectivity index is 1.81. The van der Waals surface area contributed by atoms with Crippen molar-refractivity contribution in [2.45, 2.75) is 19.0 Å². The fourth-order valence-corrected chi connectivity index (χ4v) is 2.52. The minimum atomic E-state index is -4.17. The van der Waals surface area contributed by atoms with Gasteiger partial charge in [0.25, 0.3) is 0 Å². The van der Waals surface area contributed by atoms with Crippen molar-refractivity contribution in [3.05, 3.63) is 28.4 Å². The van der Waals surface area contributed by atoms with Gasteiger partial charge in [0, 0.05) is 18.8 Å². The Morgan fingerprint density at radius 1 is 1.41 bits per heavy atom. The van der Waals surface area contributed by atoms with Gasteiger partial charge in [-0.25, -0.2) is 4.98 Å². The molecule has 2 rings (SSSR count). The van der Waals surface area contributed by atoms with Crippen molar-refractivity contribution >= 4 is 11.5 Å². The van der Waals surface area contributed by atoms with E-state index in [1.807, 2.05) is 0 Å². The minimum absolute atomic E-state index is 0.1000. The number of nitrogens with zero attached hydrogens (tertiary/aromatic N) is 3. The largest absolute Gasteiger partial charge is 0.401 e. The lowest BCUT2D eigenvalue weighted by Crippen LogP contribution is -2.41. The summed E-state index contributed by atoms with van der Waals surface area (Å²) in [5, 5.41) is 13.8. The highest BCUT2D eigenvalue weighted by atomic mass is 19.4. The van der Waals surface area contributed by atoms with E-state index in [1.165, 1.54) is 23.2 Å². The van der Waals surface area contributed by atoms with Crippen LogP contribution < -0.4 is 5.32 Å². The van der Waals surface area contributed by atoms with Crippen LogP contribution in [0.2, 0.25) is 0 Å². The predicted molar refractivity (Wildman–Crippen MR) is 74.6 cm³/mol. The maximum absolute atomic E-state index is 12.3. The second-order valence-corrected chi connectivity index (χ2v) is 5.34. The van der Waals surface area contributed by atoms with Crippen LogP contribution in [0.4, 0.5) is 24.7 Å². The molecule has 1 aromatic heterocycles. The lowest BCUT2D eigenvalue weighted by molar-refractivity contribution is -0.384. The van der Waals surface area contributed by atoms with Crippen LogP contribution in [-0.4, -0.2) is 47.2 Å². The molecule has 0 saturated carbocycles. The van der Waals surface area contributed by atoms with Gasteiger partial charge in [-0.1, -0.05) is 0 Å². The lowest BCUT2D eigenvalue weighted by atomic mass is 9.97. The number of hydrogen-bond donors (Lipinski definition) is 1. The van der Waals surface area contributed by atoms with E-state index in [9.17, 15) is 23.3 Å². The quantitative estimate of drug-likeness (QED) is 0.667. The highest BCUT2D eigenvalue weighted by Crippen LogP contribution is 2.24. The first kappa shape index (κ1) is 16.5. The molecule has 122 valence electrons. The number of likely N-dealkylation sites (tertiary alicyclic amines) is 1. The normalized spacial score (nSPS) is 17.4. The van der Waals surface area contributed by atoms with Crippen LogP contribution in [0.15, 0.2) is 18.3 Å². The summed E-state index contributed by atoms with van der Waals surface area (Å²) in [7, 11) is 0. The molecule has 1 fully saturated rings. The van der Waals surface area contributed by atoms with Crippen LogP contribution in [0.25, 0.3) is 0 Å². The third kappa shape index (κ3) is 4.83. The van der Waals surface area contributed by atoms with Gasteiger partial charge < -0.3 is 5.32 Å². The third-order valence-corrected chi connectivity index (χ3v) is 3.65. The number of anilines is 1. The Bertz CT molecular complexity index is 516. The molecule has 0 atom stereocenters. The van der Waals surface area contributed by atoms with Gasteiger partial charge in [0.05, 0.1) is 11.5 Å². The van der Waals surface area contributed by atoms with E-state index in [-0.39, 0.29) is 17.4 Å². The van der Waals surface area contributed by atoms with E-state index < -0.39 is 17.6 Å². The molecule has 1 N–H and O–H groups in total. The van der Waals surface area contributed by atoms with Crippen LogP contribution in [0, 0.1) is 16.0 Å². The van der Waals surface area contributed by atoms with Crippen molar-refractivity contribution in [3.63, 3.8) is 0 Å². The van der Waals surface area contributed by atoms with Gasteiger partial charge in [0.2, 0.25) is 5.82 Å². The molecule has 9 heteroatoms. The molecule has 1 aliphatic rings. The molecule has 6 nitrogen and oxygen atoms in total. The molecule has 1 aliphatic heterocycles. The maximum Gasteiger partial charge on any atom is 0.401 e. The summed E-state index contributed by atoms with van der Waals surface area (Å²) in [5.74, 6) is 0.385. The first-order chi connectivity index (χ1) is 10.3. The Hall–Kier alpha value is -1.90. The maximum atomic E-state index is 12.3. The Labute approximate surface area is 125 Å². The van der Waals surface area contributed by atoms with Crippen molar-refractivity contribution in [2.24, 2.45) is 5.92 Å². The standard InChI is InChI=1S/C13H17F3N4O2/c14-13(15,16)9-19-6-3-10(4-7-19)8-18-12-11(20(21)22)2-1-5-17-12/h1-2,5,10H,3-4,6-9H2,(H,17,18). The lowest BCUT2D eigenvalue weighted by Gasteiger charge is -2.32. The highest BCUT2D eigenvalue weighted by Gasteiger charge is 2.32. The van der Waals surface area contributed by atoms with Crippen molar-refractivity contribution in [3.8, 4) is 0 Å². The summed E-state index contributed by atoms with van der Waals surface area (Å²) < 4.78 is 36.9. The Kier molecular flexibility index (Phi) is 5.17. The van der Waals surface area contributed by atoms with Gasteiger partial charge in [-0.3, -0.25) is 15.0 Å². The summed E-state index contributed by atoms with van der Waals surface area (Å²) >= 11 is 0. The van der Waals surface area contributed by atoms with E-state index in [0.717, 1.165) is 0 Å². The number of halogens is 3. The number of alkyl halides is 3. The predicted octanol–water partition coefficient (Wildman–Crippen LogP) is 2.68. The molecule has 0 aromatic carbocycles. The molecule has 0 unspecified atom stereocenters. The van der Waals surface area contributed by atoms with E-state index in [0.29, 0.717) is 32.5 Å². The van der Waals surface area contributed by atoms with E-state index in [2.05, 4.69) is 10.3 Å². The van der Waals surface area contributed by atoms with Gasteiger partial charge in [-0.15, -0.1) is 0 Å². The van der Waals surface area contributed by atoms with Gasteiger partial charge >= 0.3 is 11.9 Å².